The van der Waals surface area contributed by atoms with Crippen molar-refractivity contribution in [2.45, 2.75) is 17.5 Å². The fraction of sp³-hybridized carbons (Fsp3) is 0.150. The summed E-state index contributed by atoms with van der Waals surface area (Å²) in [5, 5.41) is 18.7. The van der Waals surface area contributed by atoms with E-state index in [-0.39, 0.29) is 16.6 Å². The Morgan fingerprint density at radius 3 is 2.67 bits per heavy atom. The predicted octanol–water partition coefficient (Wildman–Crippen LogP) is 2.90. The second-order valence-electron chi connectivity index (χ2n) is 6.85. The summed E-state index contributed by atoms with van der Waals surface area (Å²) in [5.41, 5.74) is 1.97. The summed E-state index contributed by atoms with van der Waals surface area (Å²) in [6.45, 7) is 0. The molecule has 10 heteroatoms. The number of amides is 2. The molecule has 0 spiro atoms. The lowest BCUT2D eigenvalue weighted by atomic mass is 9.98. The fourth-order valence-corrected chi connectivity index (χ4v) is 3.86. The smallest absolute Gasteiger partial charge is 0.343 e. The van der Waals surface area contributed by atoms with E-state index in [0.717, 1.165) is 11.8 Å². The summed E-state index contributed by atoms with van der Waals surface area (Å²) in [5.74, 6) is 0.281. The highest BCUT2D eigenvalue weighted by molar-refractivity contribution is 7.90. The Morgan fingerprint density at radius 1 is 1.20 bits per heavy atom. The van der Waals surface area contributed by atoms with Gasteiger partial charge in [0.25, 0.3) is 0 Å². The van der Waals surface area contributed by atoms with E-state index in [0.29, 0.717) is 17.7 Å². The number of phenolic OH excluding ortho intramolecular Hbond substituents is 1. The zero-order valence-electron chi connectivity index (χ0n) is 16.0. The molecule has 0 saturated carbocycles. The fourth-order valence-electron chi connectivity index (χ4n) is 3.25. The van der Waals surface area contributed by atoms with Crippen molar-refractivity contribution in [3.63, 3.8) is 0 Å². The number of H-pyrrole nitrogens is 1. The van der Waals surface area contributed by atoms with Gasteiger partial charge < -0.3 is 10.1 Å². The number of rotatable bonds is 4. The van der Waals surface area contributed by atoms with Crippen LogP contribution in [0.1, 0.15) is 23.6 Å². The average molecular weight is 425 g/mol. The number of pyridine rings is 1. The minimum Gasteiger partial charge on any atom is -0.508 e. The summed E-state index contributed by atoms with van der Waals surface area (Å²) in [7, 11) is -3.43. The molecule has 3 aromatic rings. The van der Waals surface area contributed by atoms with Crippen LogP contribution in [0.25, 0.3) is 0 Å². The van der Waals surface area contributed by atoms with Gasteiger partial charge >= 0.3 is 6.03 Å². The van der Waals surface area contributed by atoms with Crippen LogP contribution in [0, 0.1) is 0 Å². The van der Waals surface area contributed by atoms with Crippen LogP contribution in [0.4, 0.5) is 10.6 Å². The Balaban J connectivity index is 1.65. The van der Waals surface area contributed by atoms with Gasteiger partial charge in [-0.25, -0.2) is 18.2 Å². The highest BCUT2D eigenvalue weighted by Gasteiger charge is 2.35. The maximum Gasteiger partial charge on any atom is 0.343 e. The van der Waals surface area contributed by atoms with Crippen LogP contribution in [0.15, 0.2) is 71.1 Å². The van der Waals surface area contributed by atoms with E-state index >= 15 is 0 Å². The number of carbonyl (C=O) groups excluding carboxylic acids is 1. The average Bonchev–Trinajstić information content (AvgIpc) is 3.36. The molecule has 3 N–H and O–H groups in total. The van der Waals surface area contributed by atoms with Crippen molar-refractivity contribution in [3.05, 3.63) is 72.1 Å². The van der Waals surface area contributed by atoms with Crippen molar-refractivity contribution in [2.75, 3.05) is 11.6 Å². The van der Waals surface area contributed by atoms with Crippen LogP contribution in [0.3, 0.4) is 0 Å². The Kier molecular flexibility index (Phi) is 5.00. The highest BCUT2D eigenvalue weighted by Crippen LogP contribution is 2.37. The molecule has 0 saturated heterocycles. The summed E-state index contributed by atoms with van der Waals surface area (Å²) < 4.78 is 23.3. The van der Waals surface area contributed by atoms with E-state index in [9.17, 15) is 18.3 Å². The number of hydrogen-bond acceptors (Lipinski definition) is 6. The Morgan fingerprint density at radius 2 is 2.00 bits per heavy atom. The molecule has 30 heavy (non-hydrogen) atoms. The second kappa shape index (κ2) is 7.64. The van der Waals surface area contributed by atoms with Crippen LogP contribution in [-0.2, 0) is 9.84 Å². The molecule has 0 aliphatic carbocycles. The molecule has 0 bridgehead atoms. The van der Waals surface area contributed by atoms with Crippen molar-refractivity contribution < 1.29 is 18.3 Å². The molecular formula is C20H19N5O4S. The molecule has 4 rings (SSSR count). The lowest BCUT2D eigenvalue weighted by Gasteiger charge is -2.22. The number of hydrazone groups is 1. The normalized spacial score (nSPS) is 16.4. The minimum atomic E-state index is -3.43. The first-order valence-corrected chi connectivity index (χ1v) is 11.0. The van der Waals surface area contributed by atoms with Gasteiger partial charge in [-0.2, -0.15) is 5.10 Å². The number of nitrogens with zero attached hydrogens (tertiary/aromatic N) is 3. The monoisotopic (exact) mass is 425 g/mol. The van der Waals surface area contributed by atoms with Gasteiger partial charge in [0.1, 0.15) is 16.6 Å². The number of aromatic nitrogens is 2. The maximum absolute atomic E-state index is 13.0. The van der Waals surface area contributed by atoms with Gasteiger partial charge in [0.2, 0.25) is 0 Å². The van der Waals surface area contributed by atoms with Crippen LogP contribution in [0.2, 0.25) is 0 Å². The third-order valence-corrected chi connectivity index (χ3v) is 5.75. The lowest BCUT2D eigenvalue weighted by molar-refractivity contribution is 0.199. The molecule has 1 atom stereocenters. The van der Waals surface area contributed by atoms with Gasteiger partial charge in [0.05, 0.1) is 11.8 Å². The van der Waals surface area contributed by atoms with Gasteiger partial charge in [0, 0.05) is 36.2 Å². The summed E-state index contributed by atoms with van der Waals surface area (Å²) >= 11 is 0. The van der Waals surface area contributed by atoms with E-state index in [4.69, 9.17) is 0 Å². The second-order valence-corrected chi connectivity index (χ2v) is 8.83. The minimum absolute atomic E-state index is 0.00368. The third-order valence-electron chi connectivity index (χ3n) is 4.71. The number of hydrogen-bond donors (Lipinski definition) is 3. The SMILES string of the molecule is CS(=O)(=O)c1ccc(NC(=O)N2N=C(c3cccnc3)CC2c2ccccc2O)[nH]1. The molecule has 2 aromatic heterocycles. The van der Waals surface area contributed by atoms with E-state index < -0.39 is 21.9 Å². The number of aromatic amines is 1. The van der Waals surface area contributed by atoms with Crippen molar-refractivity contribution >= 4 is 27.4 Å². The highest BCUT2D eigenvalue weighted by atomic mass is 32.2. The van der Waals surface area contributed by atoms with Gasteiger partial charge in [0.15, 0.2) is 9.84 Å². The number of benzene rings is 1. The van der Waals surface area contributed by atoms with Gasteiger partial charge in [-0.1, -0.05) is 24.3 Å². The summed E-state index contributed by atoms with van der Waals surface area (Å²) in [6, 6.07) is 12.1. The number of sulfone groups is 1. The first-order valence-electron chi connectivity index (χ1n) is 9.08. The quantitative estimate of drug-likeness (QED) is 0.592. The van der Waals surface area contributed by atoms with Crippen LogP contribution in [0.5, 0.6) is 5.75 Å². The molecule has 1 aliphatic heterocycles. The molecule has 0 fully saturated rings. The van der Waals surface area contributed by atoms with Crippen molar-refractivity contribution in [1.82, 2.24) is 15.0 Å². The number of phenols is 1. The third kappa shape index (κ3) is 3.90. The topological polar surface area (TPSA) is 128 Å². The van der Waals surface area contributed by atoms with Crippen molar-refractivity contribution in [3.8, 4) is 5.75 Å². The van der Waals surface area contributed by atoms with Crippen LogP contribution >= 0.6 is 0 Å². The first-order chi connectivity index (χ1) is 14.3. The first kappa shape index (κ1) is 19.6. The van der Waals surface area contributed by atoms with E-state index in [2.05, 4.69) is 20.4 Å². The standard InChI is InChI=1S/C20H19N5O4S/c1-30(28,29)19-9-8-18(22-19)23-20(27)25-16(14-6-2-3-7-17(14)26)11-15(24-25)13-5-4-10-21-12-13/h2-10,12,16,22,26H,11H2,1H3,(H,23,27). The maximum atomic E-state index is 13.0. The molecule has 1 unspecified atom stereocenters. The number of carbonyl (C=O) groups is 1. The number of para-hydroxylation sites is 1. The number of urea groups is 1. The van der Waals surface area contributed by atoms with E-state index in [1.165, 1.54) is 17.1 Å². The molecule has 1 aliphatic rings. The largest absolute Gasteiger partial charge is 0.508 e. The molecule has 2 amide bonds. The summed E-state index contributed by atoms with van der Waals surface area (Å²) in [4.78, 5) is 19.7. The number of nitrogens with one attached hydrogen (secondary N) is 2. The van der Waals surface area contributed by atoms with E-state index in [1.807, 2.05) is 6.07 Å². The molecular weight excluding hydrogens is 406 g/mol. The molecule has 9 nitrogen and oxygen atoms in total. The molecule has 154 valence electrons. The van der Waals surface area contributed by atoms with Crippen LogP contribution in [-0.4, -0.2) is 46.5 Å². The Hall–Kier alpha value is -3.66. The van der Waals surface area contributed by atoms with Gasteiger partial charge in [-0.15, -0.1) is 0 Å². The Bertz CT molecular complexity index is 1220. The number of aromatic hydroxyl groups is 1. The van der Waals surface area contributed by atoms with E-state index in [1.54, 1.807) is 42.7 Å². The predicted molar refractivity (Wildman–Crippen MR) is 111 cm³/mol. The lowest BCUT2D eigenvalue weighted by Crippen LogP contribution is -2.31. The van der Waals surface area contributed by atoms with Crippen LogP contribution < -0.4 is 5.32 Å². The molecule has 3 heterocycles. The zero-order valence-corrected chi connectivity index (χ0v) is 16.8. The van der Waals surface area contributed by atoms with Gasteiger partial charge in [-0.05, 0) is 24.3 Å². The van der Waals surface area contributed by atoms with Crippen molar-refractivity contribution in [1.29, 1.82) is 0 Å². The molecule has 0 radical (unpaired) electrons. The molecule has 1 aromatic carbocycles. The summed E-state index contributed by atoms with van der Waals surface area (Å²) in [6.07, 6.45) is 4.76. The van der Waals surface area contributed by atoms with Crippen molar-refractivity contribution in [2.24, 2.45) is 5.10 Å². The zero-order chi connectivity index (χ0) is 21.3. The number of anilines is 1. The van der Waals surface area contributed by atoms with Gasteiger partial charge in [-0.3, -0.25) is 10.3 Å². The Labute approximate surface area is 173 Å².